The molecule has 1 aliphatic carbocycles. The highest BCUT2D eigenvalue weighted by molar-refractivity contribution is 5.98. The quantitative estimate of drug-likeness (QED) is 0.165. The number of benzene rings is 3. The first kappa shape index (κ1) is 32.5. The van der Waals surface area contributed by atoms with E-state index >= 15 is 0 Å². The zero-order valence-corrected chi connectivity index (χ0v) is 26.5. The van der Waals surface area contributed by atoms with Crippen LogP contribution >= 0.6 is 0 Å². The number of rotatable bonds is 11. The molecule has 0 radical (unpaired) electrons. The Morgan fingerprint density at radius 3 is 2.22 bits per heavy atom. The zero-order valence-electron chi connectivity index (χ0n) is 26.5. The van der Waals surface area contributed by atoms with Gasteiger partial charge in [-0.2, -0.15) is 5.21 Å². The summed E-state index contributed by atoms with van der Waals surface area (Å²) in [5.74, 6) is 0.279. The predicted octanol–water partition coefficient (Wildman–Crippen LogP) is 4.41. The molecule has 1 fully saturated rings. The second kappa shape index (κ2) is 14.9. The summed E-state index contributed by atoms with van der Waals surface area (Å²) < 4.78 is 0. The van der Waals surface area contributed by atoms with Gasteiger partial charge in [0.2, 0.25) is 17.6 Å². The van der Waals surface area contributed by atoms with Gasteiger partial charge in [-0.3, -0.25) is 14.4 Å². The van der Waals surface area contributed by atoms with E-state index in [9.17, 15) is 14.4 Å². The van der Waals surface area contributed by atoms with E-state index in [0.29, 0.717) is 36.0 Å². The number of nitrogens with one attached hydrogen (secondary N) is 4. The standard InChI is InChI=1S/C35H42N8O3/c1-21(2)37-34(45)28-14-17-30(22(3)18-28)25-8-4-23(5-9-25)19-31(39-33(44)27-10-6-24(20-36)7-11-27)35(46)38-29-15-12-26(13-16-29)32-40-42-43-41-32/h4-5,8-9,12-18,21,24,27,31H,6-7,10-11,19-20,36H2,1-3H3,(H,37,45)(H,38,46)(H,39,44)(H,40,41,42,43). The lowest BCUT2D eigenvalue weighted by Crippen LogP contribution is -2.48. The van der Waals surface area contributed by atoms with Crippen LogP contribution in [-0.2, 0) is 16.0 Å². The fourth-order valence-electron chi connectivity index (χ4n) is 5.91. The van der Waals surface area contributed by atoms with Crippen molar-refractivity contribution in [1.29, 1.82) is 0 Å². The van der Waals surface area contributed by atoms with Gasteiger partial charge in [-0.15, -0.1) is 10.2 Å². The number of amides is 3. The largest absolute Gasteiger partial charge is 0.350 e. The molecule has 1 heterocycles. The molecule has 0 aliphatic heterocycles. The van der Waals surface area contributed by atoms with Crippen LogP contribution in [0.15, 0.2) is 66.7 Å². The average molecular weight is 623 g/mol. The first-order chi connectivity index (χ1) is 22.2. The van der Waals surface area contributed by atoms with E-state index in [-0.39, 0.29) is 29.7 Å². The lowest BCUT2D eigenvalue weighted by Gasteiger charge is -2.28. The van der Waals surface area contributed by atoms with Crippen LogP contribution < -0.4 is 21.7 Å². The number of aromatic nitrogens is 4. The van der Waals surface area contributed by atoms with E-state index in [1.54, 1.807) is 24.3 Å². The Balaban J connectivity index is 1.30. The van der Waals surface area contributed by atoms with Gasteiger partial charge in [0, 0.05) is 35.2 Å². The van der Waals surface area contributed by atoms with Gasteiger partial charge in [0.05, 0.1) is 0 Å². The van der Waals surface area contributed by atoms with Crippen molar-refractivity contribution in [3.05, 3.63) is 83.4 Å². The highest BCUT2D eigenvalue weighted by Gasteiger charge is 2.29. The van der Waals surface area contributed by atoms with Crippen LogP contribution in [0.5, 0.6) is 0 Å². The number of carbonyl (C=O) groups is 3. The fourth-order valence-corrected chi connectivity index (χ4v) is 5.91. The molecule has 240 valence electrons. The molecule has 0 saturated heterocycles. The number of tetrazole rings is 1. The number of anilines is 1. The maximum Gasteiger partial charge on any atom is 0.251 e. The highest BCUT2D eigenvalue weighted by Crippen LogP contribution is 2.29. The number of aryl methyl sites for hydroxylation is 1. The third-order valence-electron chi connectivity index (χ3n) is 8.55. The first-order valence-corrected chi connectivity index (χ1v) is 15.9. The van der Waals surface area contributed by atoms with E-state index < -0.39 is 6.04 Å². The van der Waals surface area contributed by atoms with Gasteiger partial charge in [-0.25, -0.2) is 0 Å². The van der Waals surface area contributed by atoms with Gasteiger partial charge in [0.15, 0.2) is 0 Å². The molecule has 3 amide bonds. The number of H-pyrrole nitrogens is 1. The van der Waals surface area contributed by atoms with Crippen molar-refractivity contribution in [2.75, 3.05) is 11.9 Å². The van der Waals surface area contributed by atoms with Gasteiger partial charge in [0.25, 0.3) is 5.91 Å². The van der Waals surface area contributed by atoms with Crippen LogP contribution in [0.4, 0.5) is 5.69 Å². The van der Waals surface area contributed by atoms with Crippen molar-refractivity contribution in [2.24, 2.45) is 17.6 Å². The lowest BCUT2D eigenvalue weighted by molar-refractivity contribution is -0.130. The predicted molar refractivity (Wildman–Crippen MR) is 178 cm³/mol. The van der Waals surface area contributed by atoms with Crippen molar-refractivity contribution in [3.63, 3.8) is 0 Å². The molecule has 46 heavy (non-hydrogen) atoms. The molecule has 1 saturated carbocycles. The second-order valence-electron chi connectivity index (χ2n) is 12.4. The van der Waals surface area contributed by atoms with Crippen LogP contribution in [0.2, 0.25) is 0 Å². The third-order valence-corrected chi connectivity index (χ3v) is 8.55. The van der Waals surface area contributed by atoms with Gasteiger partial charge < -0.3 is 21.7 Å². The second-order valence-corrected chi connectivity index (χ2v) is 12.4. The smallest absolute Gasteiger partial charge is 0.251 e. The molecule has 1 atom stereocenters. The Morgan fingerprint density at radius 2 is 1.61 bits per heavy atom. The van der Waals surface area contributed by atoms with Crippen LogP contribution in [0.1, 0.15) is 61.0 Å². The molecule has 11 nitrogen and oxygen atoms in total. The van der Waals surface area contributed by atoms with Gasteiger partial charge in [-0.1, -0.05) is 30.3 Å². The Labute approximate surface area is 269 Å². The Kier molecular flexibility index (Phi) is 10.5. The number of nitrogens with zero attached hydrogens (tertiary/aromatic N) is 3. The summed E-state index contributed by atoms with van der Waals surface area (Å²) in [4.78, 5) is 39.4. The molecule has 6 N–H and O–H groups in total. The maximum absolute atomic E-state index is 13.6. The van der Waals surface area contributed by atoms with Gasteiger partial charge in [-0.05, 0) is 123 Å². The summed E-state index contributed by atoms with van der Waals surface area (Å²) in [5.41, 5.74) is 11.7. The maximum atomic E-state index is 13.6. The molecule has 0 bridgehead atoms. The van der Waals surface area contributed by atoms with E-state index in [2.05, 4.69) is 36.6 Å². The molecule has 1 unspecified atom stereocenters. The summed E-state index contributed by atoms with van der Waals surface area (Å²) in [7, 11) is 0. The lowest BCUT2D eigenvalue weighted by atomic mass is 9.81. The number of hydrogen-bond acceptors (Lipinski definition) is 7. The average Bonchev–Trinajstić information content (AvgIpc) is 3.60. The Bertz CT molecular complexity index is 1630. The van der Waals surface area contributed by atoms with Crippen LogP contribution in [0, 0.1) is 18.8 Å². The van der Waals surface area contributed by atoms with Gasteiger partial charge >= 0.3 is 0 Å². The summed E-state index contributed by atoms with van der Waals surface area (Å²) in [6.07, 6.45) is 3.70. The number of aromatic amines is 1. The van der Waals surface area contributed by atoms with E-state index in [4.69, 9.17) is 5.73 Å². The molecular weight excluding hydrogens is 580 g/mol. The summed E-state index contributed by atoms with van der Waals surface area (Å²) in [6.45, 7) is 6.49. The van der Waals surface area contributed by atoms with E-state index in [0.717, 1.165) is 53.5 Å². The molecule has 3 aromatic carbocycles. The van der Waals surface area contributed by atoms with Gasteiger partial charge in [0.1, 0.15) is 6.04 Å². The Morgan fingerprint density at radius 1 is 0.913 bits per heavy atom. The number of carbonyl (C=O) groups excluding carboxylic acids is 3. The minimum atomic E-state index is -0.775. The molecule has 11 heteroatoms. The molecule has 0 spiro atoms. The summed E-state index contributed by atoms with van der Waals surface area (Å²) in [6, 6.07) is 20.1. The summed E-state index contributed by atoms with van der Waals surface area (Å²) in [5, 5.41) is 22.9. The van der Waals surface area contributed by atoms with Crippen molar-refractivity contribution in [3.8, 4) is 22.5 Å². The third kappa shape index (κ3) is 8.22. The van der Waals surface area contributed by atoms with Crippen LogP contribution in [-0.4, -0.2) is 57.0 Å². The first-order valence-electron chi connectivity index (χ1n) is 15.9. The molecular formula is C35H42N8O3. The van der Waals surface area contributed by atoms with Crippen molar-refractivity contribution < 1.29 is 14.4 Å². The summed E-state index contributed by atoms with van der Waals surface area (Å²) >= 11 is 0. The minimum Gasteiger partial charge on any atom is -0.350 e. The minimum absolute atomic E-state index is 0.0604. The monoisotopic (exact) mass is 622 g/mol. The molecule has 4 aromatic rings. The highest BCUT2D eigenvalue weighted by atomic mass is 16.2. The zero-order chi connectivity index (χ0) is 32.6. The Hall–Kier alpha value is -4.90. The normalized spacial score (nSPS) is 16.9. The van der Waals surface area contributed by atoms with E-state index in [1.807, 2.05) is 63.2 Å². The fraction of sp³-hybridized carbons (Fsp3) is 0.371. The number of hydrogen-bond donors (Lipinski definition) is 5. The van der Waals surface area contributed by atoms with Crippen molar-refractivity contribution >= 4 is 23.4 Å². The topological polar surface area (TPSA) is 168 Å². The van der Waals surface area contributed by atoms with Crippen molar-refractivity contribution in [2.45, 2.75) is 65.0 Å². The van der Waals surface area contributed by atoms with E-state index in [1.165, 1.54) is 0 Å². The SMILES string of the molecule is Cc1cc(C(=O)NC(C)C)ccc1-c1ccc(CC(NC(=O)C2CCC(CN)CC2)C(=O)Nc2ccc(-c3nn[nH]n3)cc2)cc1. The van der Waals surface area contributed by atoms with Crippen molar-refractivity contribution in [1.82, 2.24) is 31.3 Å². The molecule has 1 aromatic heterocycles. The number of nitrogens with two attached hydrogens (primary N) is 1. The molecule has 1 aliphatic rings. The van der Waals surface area contributed by atoms with Crippen LogP contribution in [0.25, 0.3) is 22.5 Å². The molecule has 5 rings (SSSR count). The van der Waals surface area contributed by atoms with Crippen LogP contribution in [0.3, 0.4) is 0 Å².